The van der Waals surface area contributed by atoms with E-state index in [4.69, 9.17) is 4.74 Å². The zero-order valence-electron chi connectivity index (χ0n) is 20.9. The molecular formula is C28H46O4. The number of ether oxygens (including phenoxy) is 1. The lowest BCUT2D eigenvalue weighted by Crippen LogP contribution is -2.53. The first-order chi connectivity index (χ1) is 15.2. The summed E-state index contributed by atoms with van der Waals surface area (Å²) in [5, 5.41) is 9.97. The van der Waals surface area contributed by atoms with Gasteiger partial charge in [0.15, 0.2) is 0 Å². The molecule has 4 aliphatic carbocycles. The second kappa shape index (κ2) is 9.39. The van der Waals surface area contributed by atoms with Crippen LogP contribution in [0.1, 0.15) is 111 Å². The summed E-state index contributed by atoms with van der Waals surface area (Å²) in [6.45, 7) is 9.30. The van der Waals surface area contributed by atoms with Crippen LogP contribution in [0, 0.1) is 46.3 Å². The molecule has 9 atom stereocenters. The topological polar surface area (TPSA) is 63.6 Å². The van der Waals surface area contributed by atoms with Crippen LogP contribution >= 0.6 is 0 Å². The fourth-order valence-electron chi connectivity index (χ4n) is 9.13. The normalized spacial score (nSPS) is 43.0. The molecule has 0 heterocycles. The lowest BCUT2D eigenvalue weighted by atomic mass is 9.44. The van der Waals surface area contributed by atoms with Crippen molar-refractivity contribution in [3.05, 3.63) is 0 Å². The summed E-state index contributed by atoms with van der Waals surface area (Å²) in [5.74, 6) is 4.77. The highest BCUT2D eigenvalue weighted by Crippen LogP contribution is 2.68. The standard InChI is InChI=1S/C28H46O4/c1-5-25(30)32-26(31)8-6-7-18(2)22-11-12-23-21-10-9-19-17-20(29)13-15-27(19,3)24(21)14-16-28(22,23)4/h18-19,21-24,26,31H,5-17H2,1-4H3/t18?,19?,21-,22?,23-,24+,26?,27-,28+/m0/s1. The van der Waals surface area contributed by atoms with Crippen LogP contribution in [-0.2, 0) is 14.3 Å². The van der Waals surface area contributed by atoms with E-state index in [1.54, 1.807) is 6.92 Å². The number of esters is 1. The zero-order valence-corrected chi connectivity index (χ0v) is 20.9. The maximum atomic E-state index is 12.1. The fraction of sp³-hybridized carbons (Fsp3) is 0.929. The molecule has 4 nitrogen and oxygen atoms in total. The fourth-order valence-corrected chi connectivity index (χ4v) is 9.13. The SMILES string of the molecule is CCC(=O)OC(O)CCCC(C)C1CC[C@H]2[C@@H]3CCC4CC(=O)CC[C@]4(C)[C@@H]3CC[C@]12C. The van der Waals surface area contributed by atoms with E-state index in [2.05, 4.69) is 20.8 Å². The van der Waals surface area contributed by atoms with Crippen LogP contribution in [0.15, 0.2) is 0 Å². The van der Waals surface area contributed by atoms with E-state index in [-0.39, 0.29) is 5.97 Å². The van der Waals surface area contributed by atoms with Gasteiger partial charge in [-0.1, -0.05) is 34.1 Å². The Morgan fingerprint density at radius 1 is 1.06 bits per heavy atom. The molecule has 0 spiro atoms. The monoisotopic (exact) mass is 446 g/mol. The molecule has 0 aromatic heterocycles. The van der Waals surface area contributed by atoms with Gasteiger partial charge in [0.1, 0.15) is 5.78 Å². The molecule has 0 aromatic rings. The molecule has 1 N–H and O–H groups in total. The Bertz CT molecular complexity index is 704. The highest BCUT2D eigenvalue weighted by Gasteiger charge is 2.60. The number of Topliss-reactive ketones (excluding diaryl/α,β-unsaturated/α-hetero) is 1. The number of hydrogen-bond acceptors (Lipinski definition) is 4. The number of carbonyl (C=O) groups is 2. The van der Waals surface area contributed by atoms with Crippen molar-refractivity contribution < 1.29 is 19.4 Å². The Kier molecular flexibility index (Phi) is 7.11. The van der Waals surface area contributed by atoms with Crippen LogP contribution < -0.4 is 0 Å². The first-order valence-corrected chi connectivity index (χ1v) is 13.6. The molecule has 4 fully saturated rings. The molecule has 0 bridgehead atoms. The number of fused-ring (bicyclic) bond motifs is 5. The third-order valence-electron chi connectivity index (χ3n) is 10.9. The third-order valence-corrected chi connectivity index (χ3v) is 10.9. The summed E-state index contributed by atoms with van der Waals surface area (Å²) in [7, 11) is 0. The summed E-state index contributed by atoms with van der Waals surface area (Å²) in [6, 6.07) is 0. The van der Waals surface area contributed by atoms with Gasteiger partial charge < -0.3 is 9.84 Å². The number of carbonyl (C=O) groups excluding carboxylic acids is 2. The molecule has 32 heavy (non-hydrogen) atoms. The van der Waals surface area contributed by atoms with E-state index < -0.39 is 6.29 Å². The van der Waals surface area contributed by atoms with Crippen molar-refractivity contribution in [2.75, 3.05) is 0 Å². The summed E-state index contributed by atoms with van der Waals surface area (Å²) in [5.41, 5.74) is 0.843. The minimum atomic E-state index is -0.949. The molecule has 182 valence electrons. The number of hydrogen-bond donors (Lipinski definition) is 1. The Morgan fingerprint density at radius 2 is 1.81 bits per heavy atom. The second-order valence-corrected chi connectivity index (χ2v) is 12.3. The Labute approximate surface area is 195 Å². The second-order valence-electron chi connectivity index (χ2n) is 12.3. The molecule has 4 rings (SSSR count). The van der Waals surface area contributed by atoms with Crippen molar-refractivity contribution in [2.24, 2.45) is 46.3 Å². The maximum absolute atomic E-state index is 12.1. The first-order valence-electron chi connectivity index (χ1n) is 13.6. The van der Waals surface area contributed by atoms with E-state index in [0.29, 0.717) is 41.3 Å². The van der Waals surface area contributed by atoms with Gasteiger partial charge in [0.25, 0.3) is 0 Å². The van der Waals surface area contributed by atoms with Gasteiger partial charge in [0.2, 0.25) is 6.29 Å². The van der Waals surface area contributed by atoms with E-state index in [1.165, 1.54) is 38.5 Å². The van der Waals surface area contributed by atoms with Crippen LogP contribution in [0.5, 0.6) is 0 Å². The number of aliphatic hydroxyl groups is 1. The molecule has 0 aromatic carbocycles. The molecule has 0 amide bonds. The average molecular weight is 447 g/mol. The van der Waals surface area contributed by atoms with E-state index in [9.17, 15) is 14.7 Å². The van der Waals surface area contributed by atoms with Crippen molar-refractivity contribution in [3.8, 4) is 0 Å². The van der Waals surface area contributed by atoms with Gasteiger partial charge in [0.05, 0.1) is 0 Å². The van der Waals surface area contributed by atoms with Gasteiger partial charge in [-0.05, 0) is 97.7 Å². The predicted octanol–water partition coefficient (Wildman–Crippen LogP) is 6.29. The van der Waals surface area contributed by atoms with Gasteiger partial charge in [-0.15, -0.1) is 0 Å². The largest absolute Gasteiger partial charge is 0.436 e. The summed E-state index contributed by atoms with van der Waals surface area (Å²) in [4.78, 5) is 23.5. The van der Waals surface area contributed by atoms with E-state index >= 15 is 0 Å². The average Bonchev–Trinajstić information content (AvgIpc) is 3.11. The van der Waals surface area contributed by atoms with Gasteiger partial charge in [0, 0.05) is 25.7 Å². The highest BCUT2D eigenvalue weighted by atomic mass is 16.6. The van der Waals surface area contributed by atoms with E-state index in [1.807, 2.05) is 0 Å². The molecule has 4 aliphatic rings. The minimum Gasteiger partial charge on any atom is -0.436 e. The van der Waals surface area contributed by atoms with Crippen molar-refractivity contribution in [1.82, 2.24) is 0 Å². The van der Waals surface area contributed by atoms with E-state index in [0.717, 1.165) is 55.8 Å². The number of aliphatic hydroxyl groups excluding tert-OH is 1. The Balaban J connectivity index is 1.36. The van der Waals surface area contributed by atoms with Crippen LogP contribution in [-0.4, -0.2) is 23.1 Å². The lowest BCUT2D eigenvalue weighted by Gasteiger charge is -2.60. The number of ketones is 1. The van der Waals surface area contributed by atoms with Gasteiger partial charge in [-0.3, -0.25) is 9.59 Å². The molecule has 4 unspecified atom stereocenters. The van der Waals surface area contributed by atoms with Crippen molar-refractivity contribution in [2.45, 2.75) is 117 Å². The predicted molar refractivity (Wildman–Crippen MR) is 126 cm³/mol. The minimum absolute atomic E-state index is 0.313. The summed E-state index contributed by atoms with van der Waals surface area (Å²) >= 11 is 0. The Morgan fingerprint density at radius 3 is 2.56 bits per heavy atom. The van der Waals surface area contributed by atoms with Gasteiger partial charge in [-0.2, -0.15) is 0 Å². The zero-order chi connectivity index (χ0) is 23.1. The van der Waals surface area contributed by atoms with Crippen LogP contribution in [0.2, 0.25) is 0 Å². The lowest BCUT2D eigenvalue weighted by molar-refractivity contribution is -0.168. The summed E-state index contributed by atoms with van der Waals surface area (Å²) < 4.78 is 5.03. The maximum Gasteiger partial charge on any atom is 0.307 e. The molecule has 0 aliphatic heterocycles. The Hall–Kier alpha value is -0.900. The van der Waals surface area contributed by atoms with Crippen molar-refractivity contribution in [3.63, 3.8) is 0 Å². The molecular weight excluding hydrogens is 400 g/mol. The molecule has 4 saturated carbocycles. The first kappa shape index (κ1) is 24.2. The third kappa shape index (κ3) is 4.30. The van der Waals surface area contributed by atoms with Crippen LogP contribution in [0.25, 0.3) is 0 Å². The smallest absolute Gasteiger partial charge is 0.307 e. The van der Waals surface area contributed by atoms with Crippen molar-refractivity contribution in [1.29, 1.82) is 0 Å². The van der Waals surface area contributed by atoms with Crippen molar-refractivity contribution >= 4 is 11.8 Å². The van der Waals surface area contributed by atoms with Crippen LogP contribution in [0.3, 0.4) is 0 Å². The van der Waals surface area contributed by atoms with Gasteiger partial charge >= 0.3 is 5.97 Å². The molecule has 4 heteroatoms. The molecule has 0 radical (unpaired) electrons. The molecule has 0 saturated heterocycles. The highest BCUT2D eigenvalue weighted by molar-refractivity contribution is 5.79. The number of rotatable bonds is 7. The summed E-state index contributed by atoms with van der Waals surface area (Å²) in [6.07, 6.45) is 12.8. The van der Waals surface area contributed by atoms with Crippen LogP contribution in [0.4, 0.5) is 0 Å². The van der Waals surface area contributed by atoms with Gasteiger partial charge in [-0.25, -0.2) is 0 Å². The quantitative estimate of drug-likeness (QED) is 0.368.